The number of rotatable bonds is 4. The number of benzene rings is 1. The second-order valence-electron chi connectivity index (χ2n) is 6.66. The fraction of sp³-hybridized carbons (Fsp3) is 0.421. The maximum absolute atomic E-state index is 12.4. The minimum atomic E-state index is -0.262. The Morgan fingerprint density at radius 2 is 1.65 bits per heavy atom. The monoisotopic (exact) mass is 354 g/mol. The summed E-state index contributed by atoms with van der Waals surface area (Å²) in [4.78, 5) is 12.4. The van der Waals surface area contributed by atoms with E-state index in [1.165, 1.54) is 38.5 Å². The van der Waals surface area contributed by atoms with Gasteiger partial charge in [-0.15, -0.1) is 10.2 Å². The van der Waals surface area contributed by atoms with Crippen LogP contribution in [0.5, 0.6) is 11.5 Å². The maximum atomic E-state index is 12.4. The minimum absolute atomic E-state index is 0.182. The largest absolute Gasteiger partial charge is 0.454 e. The smallest absolute Gasteiger partial charge is 0.257 e. The Balaban J connectivity index is 1.37. The summed E-state index contributed by atoms with van der Waals surface area (Å²) >= 11 is 0. The van der Waals surface area contributed by atoms with E-state index in [9.17, 15) is 4.79 Å². The number of aromatic nitrogens is 2. The summed E-state index contributed by atoms with van der Waals surface area (Å²) in [5, 5.41) is 14.5. The summed E-state index contributed by atoms with van der Waals surface area (Å²) in [6, 6.07) is 9.15. The normalized spacial score (nSPS) is 16.8. The fourth-order valence-electron chi connectivity index (χ4n) is 3.34. The molecule has 0 saturated heterocycles. The standard InChI is InChI=1S/C19H22N4O3/c24-19(13-7-8-15-16(11-13)26-12-25-15)21-18-10-9-17(22-23-18)20-14-5-3-1-2-4-6-14/h7-11,14H,1-6,12H2,(H,20,22)(H,21,23,24). The third-order valence-corrected chi connectivity index (χ3v) is 4.75. The van der Waals surface area contributed by atoms with Crippen LogP contribution in [0.2, 0.25) is 0 Å². The Morgan fingerprint density at radius 3 is 2.42 bits per heavy atom. The van der Waals surface area contributed by atoms with Crippen LogP contribution in [-0.2, 0) is 0 Å². The van der Waals surface area contributed by atoms with Crippen LogP contribution in [-0.4, -0.2) is 28.9 Å². The molecule has 7 nitrogen and oxygen atoms in total. The van der Waals surface area contributed by atoms with E-state index in [1.54, 1.807) is 24.3 Å². The number of anilines is 2. The summed E-state index contributed by atoms with van der Waals surface area (Å²) in [5.74, 6) is 2.13. The number of hydrogen-bond donors (Lipinski definition) is 2. The van der Waals surface area contributed by atoms with E-state index < -0.39 is 0 Å². The molecule has 1 saturated carbocycles. The predicted octanol–water partition coefficient (Wildman–Crippen LogP) is 3.59. The fourth-order valence-corrected chi connectivity index (χ4v) is 3.34. The van der Waals surface area contributed by atoms with Gasteiger partial charge in [0.2, 0.25) is 6.79 Å². The number of fused-ring (bicyclic) bond motifs is 1. The molecule has 26 heavy (non-hydrogen) atoms. The first-order chi connectivity index (χ1) is 12.8. The van der Waals surface area contributed by atoms with Crippen LogP contribution in [0, 0.1) is 0 Å². The first-order valence-corrected chi connectivity index (χ1v) is 9.09. The molecule has 2 N–H and O–H groups in total. The van der Waals surface area contributed by atoms with Crippen molar-refractivity contribution in [3.05, 3.63) is 35.9 Å². The Kier molecular flexibility index (Phi) is 4.86. The van der Waals surface area contributed by atoms with Crippen LogP contribution in [0.25, 0.3) is 0 Å². The summed E-state index contributed by atoms with van der Waals surface area (Å²) in [7, 11) is 0. The average molecular weight is 354 g/mol. The van der Waals surface area contributed by atoms with E-state index >= 15 is 0 Å². The molecule has 0 atom stereocenters. The van der Waals surface area contributed by atoms with E-state index in [0.717, 1.165) is 5.82 Å². The van der Waals surface area contributed by atoms with Gasteiger partial charge >= 0.3 is 0 Å². The van der Waals surface area contributed by atoms with E-state index in [1.807, 2.05) is 6.07 Å². The third kappa shape index (κ3) is 3.87. The van der Waals surface area contributed by atoms with Crippen molar-refractivity contribution < 1.29 is 14.3 Å². The molecule has 2 heterocycles. The highest BCUT2D eigenvalue weighted by molar-refractivity contribution is 6.04. The Hall–Kier alpha value is -2.83. The van der Waals surface area contributed by atoms with Crippen LogP contribution in [0.3, 0.4) is 0 Å². The Labute approximate surface area is 152 Å². The number of ether oxygens (including phenoxy) is 2. The molecule has 1 aliphatic carbocycles. The molecule has 0 spiro atoms. The average Bonchev–Trinajstić information content (AvgIpc) is 2.99. The molecule has 1 fully saturated rings. The van der Waals surface area contributed by atoms with Crippen LogP contribution < -0.4 is 20.1 Å². The number of carbonyl (C=O) groups excluding carboxylic acids is 1. The molecule has 2 aromatic rings. The number of nitrogens with one attached hydrogen (secondary N) is 2. The molecule has 1 aromatic heterocycles. The second-order valence-corrected chi connectivity index (χ2v) is 6.66. The molecule has 1 aliphatic heterocycles. The minimum Gasteiger partial charge on any atom is -0.454 e. The highest BCUT2D eigenvalue weighted by Gasteiger charge is 2.17. The van der Waals surface area contributed by atoms with Gasteiger partial charge in [0.25, 0.3) is 5.91 Å². The van der Waals surface area contributed by atoms with E-state index in [2.05, 4.69) is 20.8 Å². The zero-order valence-electron chi connectivity index (χ0n) is 14.5. The van der Waals surface area contributed by atoms with Gasteiger partial charge in [0.15, 0.2) is 17.3 Å². The lowest BCUT2D eigenvalue weighted by Gasteiger charge is -2.16. The first-order valence-electron chi connectivity index (χ1n) is 9.09. The summed E-state index contributed by atoms with van der Waals surface area (Å²) in [6.07, 6.45) is 7.49. The molecule has 0 bridgehead atoms. The van der Waals surface area contributed by atoms with Gasteiger partial charge in [0, 0.05) is 11.6 Å². The zero-order valence-corrected chi connectivity index (χ0v) is 14.5. The lowest BCUT2D eigenvalue weighted by Crippen LogP contribution is -2.19. The van der Waals surface area contributed by atoms with Gasteiger partial charge < -0.3 is 20.1 Å². The molecular weight excluding hydrogens is 332 g/mol. The summed E-state index contributed by atoms with van der Waals surface area (Å²) in [6.45, 7) is 0.182. The molecular formula is C19H22N4O3. The van der Waals surface area contributed by atoms with Gasteiger partial charge in [-0.3, -0.25) is 4.79 Å². The van der Waals surface area contributed by atoms with Crippen molar-refractivity contribution in [2.75, 3.05) is 17.4 Å². The highest BCUT2D eigenvalue weighted by atomic mass is 16.7. The highest BCUT2D eigenvalue weighted by Crippen LogP contribution is 2.32. The van der Waals surface area contributed by atoms with Crippen molar-refractivity contribution in [3.8, 4) is 11.5 Å². The van der Waals surface area contributed by atoms with Crippen molar-refractivity contribution in [1.29, 1.82) is 0 Å². The van der Waals surface area contributed by atoms with Gasteiger partial charge in [0.05, 0.1) is 0 Å². The van der Waals surface area contributed by atoms with Crippen LogP contribution >= 0.6 is 0 Å². The second kappa shape index (κ2) is 7.59. The summed E-state index contributed by atoms with van der Waals surface area (Å²) in [5.41, 5.74) is 0.483. The van der Waals surface area contributed by atoms with Gasteiger partial charge in [-0.05, 0) is 43.2 Å². The van der Waals surface area contributed by atoms with Crippen LogP contribution in [0.4, 0.5) is 11.6 Å². The lowest BCUT2D eigenvalue weighted by molar-refractivity contribution is 0.102. The molecule has 0 radical (unpaired) electrons. The maximum Gasteiger partial charge on any atom is 0.257 e. The number of nitrogens with zero attached hydrogens (tertiary/aromatic N) is 2. The van der Waals surface area contributed by atoms with E-state index in [-0.39, 0.29) is 12.7 Å². The van der Waals surface area contributed by atoms with E-state index in [4.69, 9.17) is 9.47 Å². The molecule has 2 aliphatic rings. The van der Waals surface area contributed by atoms with Crippen molar-refractivity contribution in [1.82, 2.24) is 10.2 Å². The molecule has 4 rings (SSSR count). The predicted molar refractivity (Wildman–Crippen MR) is 97.7 cm³/mol. The molecule has 7 heteroatoms. The van der Waals surface area contributed by atoms with Gasteiger partial charge in [-0.1, -0.05) is 25.7 Å². The van der Waals surface area contributed by atoms with Crippen molar-refractivity contribution >= 4 is 17.5 Å². The topological polar surface area (TPSA) is 85.4 Å². The number of carbonyl (C=O) groups is 1. The van der Waals surface area contributed by atoms with Crippen LogP contribution in [0.1, 0.15) is 48.9 Å². The molecule has 136 valence electrons. The number of amides is 1. The van der Waals surface area contributed by atoms with Crippen molar-refractivity contribution in [2.24, 2.45) is 0 Å². The Bertz CT molecular complexity index is 771. The molecule has 1 amide bonds. The Morgan fingerprint density at radius 1 is 0.923 bits per heavy atom. The van der Waals surface area contributed by atoms with E-state index in [0.29, 0.717) is 28.9 Å². The van der Waals surface area contributed by atoms with Gasteiger partial charge in [-0.25, -0.2) is 0 Å². The van der Waals surface area contributed by atoms with Crippen LogP contribution in [0.15, 0.2) is 30.3 Å². The molecule has 1 aromatic carbocycles. The quantitative estimate of drug-likeness (QED) is 0.816. The number of hydrogen-bond acceptors (Lipinski definition) is 6. The van der Waals surface area contributed by atoms with Gasteiger partial charge in [0.1, 0.15) is 5.82 Å². The first kappa shape index (κ1) is 16.6. The zero-order chi connectivity index (χ0) is 17.8. The lowest BCUT2D eigenvalue weighted by atomic mass is 10.1. The van der Waals surface area contributed by atoms with Gasteiger partial charge in [-0.2, -0.15) is 0 Å². The molecule has 0 unspecified atom stereocenters. The SMILES string of the molecule is O=C(Nc1ccc(NC2CCCCCC2)nn1)c1ccc2c(c1)OCO2. The van der Waals surface area contributed by atoms with Crippen molar-refractivity contribution in [2.45, 2.75) is 44.6 Å². The van der Waals surface area contributed by atoms with Crippen molar-refractivity contribution in [3.63, 3.8) is 0 Å². The third-order valence-electron chi connectivity index (χ3n) is 4.75. The summed E-state index contributed by atoms with van der Waals surface area (Å²) < 4.78 is 10.5.